The summed E-state index contributed by atoms with van der Waals surface area (Å²) in [5.74, 6) is -2.43. The Kier molecular flexibility index (Phi) is 6.89. The number of halogens is 4. The normalized spacial score (nSPS) is 12.7. The molecule has 0 aliphatic heterocycles. The van der Waals surface area contributed by atoms with Crippen LogP contribution in [0, 0.1) is 24.4 Å². The van der Waals surface area contributed by atoms with E-state index >= 15 is 4.39 Å². The third-order valence-corrected chi connectivity index (χ3v) is 7.35. The number of benzene rings is 2. The van der Waals surface area contributed by atoms with Gasteiger partial charge in [-0.25, -0.2) is 23.1 Å². The molecule has 0 spiro atoms. The molecule has 0 radical (unpaired) electrons. The predicted molar refractivity (Wildman–Crippen MR) is 135 cm³/mol. The molecule has 5 nitrogen and oxygen atoms in total. The monoisotopic (exact) mass is 518 g/mol. The minimum Gasteiger partial charge on any atom is -0.376 e. The number of aryl methyl sites for hydroxylation is 1. The fourth-order valence-corrected chi connectivity index (χ4v) is 4.72. The first kappa shape index (κ1) is 25.1. The fourth-order valence-electron chi connectivity index (χ4n) is 3.85. The van der Waals surface area contributed by atoms with Crippen LogP contribution >= 0.6 is 18.7 Å². The number of anilines is 1. The minimum atomic E-state index is -2.67. The van der Waals surface area contributed by atoms with Crippen LogP contribution in [0.25, 0.3) is 22.0 Å². The van der Waals surface area contributed by atoms with E-state index in [9.17, 15) is 13.3 Å². The van der Waals surface area contributed by atoms with Gasteiger partial charge in [-0.05, 0) is 38.8 Å². The molecule has 2 aromatic heterocycles. The van der Waals surface area contributed by atoms with E-state index in [0.717, 1.165) is 6.07 Å². The lowest BCUT2D eigenvalue weighted by Gasteiger charge is -2.22. The third-order valence-electron chi connectivity index (χ3n) is 5.69. The summed E-state index contributed by atoms with van der Waals surface area (Å²) < 4.78 is 55.8. The van der Waals surface area contributed by atoms with Gasteiger partial charge in [-0.1, -0.05) is 30.7 Å². The van der Waals surface area contributed by atoms with E-state index in [1.165, 1.54) is 30.6 Å². The average molecular weight is 519 g/mol. The summed E-state index contributed by atoms with van der Waals surface area (Å²) in [7, 11) is -2.67. The minimum absolute atomic E-state index is 0.154. The zero-order valence-corrected chi connectivity index (χ0v) is 21.2. The summed E-state index contributed by atoms with van der Waals surface area (Å²) >= 11 is 6.60. The smallest absolute Gasteiger partial charge is 0.188 e. The Hall–Kier alpha value is -2.96. The van der Waals surface area contributed by atoms with E-state index in [-0.39, 0.29) is 21.7 Å². The van der Waals surface area contributed by atoms with Gasteiger partial charge in [0.1, 0.15) is 13.0 Å². The lowest BCUT2D eigenvalue weighted by Crippen LogP contribution is -2.14. The van der Waals surface area contributed by atoms with Gasteiger partial charge in [0.15, 0.2) is 17.2 Å². The van der Waals surface area contributed by atoms with Gasteiger partial charge in [-0.3, -0.25) is 4.98 Å². The number of rotatable bonds is 6. The van der Waals surface area contributed by atoms with Crippen LogP contribution in [0.2, 0.25) is 5.02 Å². The maximum atomic E-state index is 15.1. The molecule has 0 bridgehead atoms. The Morgan fingerprint density at radius 3 is 2.40 bits per heavy atom. The molecule has 35 heavy (non-hydrogen) atoms. The zero-order chi connectivity index (χ0) is 25.5. The van der Waals surface area contributed by atoms with Crippen LogP contribution in [0.15, 0.2) is 42.7 Å². The molecule has 1 atom stereocenters. The fraction of sp³-hybridized carbons (Fsp3) is 0.240. The van der Waals surface area contributed by atoms with Crippen LogP contribution in [0.1, 0.15) is 30.6 Å². The zero-order valence-electron chi connectivity index (χ0n) is 19.5. The van der Waals surface area contributed by atoms with E-state index < -0.39 is 30.6 Å². The molecular weight excluding hydrogens is 496 g/mol. The summed E-state index contributed by atoms with van der Waals surface area (Å²) in [6.07, 6.45) is 3.26. The van der Waals surface area contributed by atoms with Gasteiger partial charge >= 0.3 is 0 Å². The van der Waals surface area contributed by atoms with Gasteiger partial charge in [0.2, 0.25) is 0 Å². The molecule has 0 aliphatic rings. The van der Waals surface area contributed by atoms with E-state index in [2.05, 4.69) is 20.3 Å². The SMILES string of the molecule is CC[C@@H](Nc1c(Cl)c(C)nc2cc(F)c(-c3cnc(P(C)(C)=O)nc3)cc12)c1cccc(F)c1F. The highest BCUT2D eigenvalue weighted by molar-refractivity contribution is 7.69. The second kappa shape index (κ2) is 9.59. The highest BCUT2D eigenvalue weighted by Crippen LogP contribution is 2.39. The molecule has 0 amide bonds. The molecule has 0 fully saturated rings. The van der Waals surface area contributed by atoms with Crippen LogP contribution in [-0.2, 0) is 4.57 Å². The first-order valence-electron chi connectivity index (χ1n) is 10.9. The van der Waals surface area contributed by atoms with E-state index in [1.807, 2.05) is 6.92 Å². The Bertz CT molecular complexity index is 1470. The number of pyridine rings is 1. The molecule has 2 heterocycles. The van der Waals surface area contributed by atoms with Crippen LogP contribution in [0.4, 0.5) is 18.9 Å². The van der Waals surface area contributed by atoms with Crippen molar-refractivity contribution in [3.8, 4) is 11.1 Å². The lowest BCUT2D eigenvalue weighted by atomic mass is 10.0. The standard InChI is InChI=1S/C25H23ClF3N4OP/c1-5-20(15-7-6-8-18(27)23(15)29)33-24-17-9-16(14-11-30-25(31-12-14)35(3,4)34)19(28)10-21(17)32-13(2)22(24)26/h6-12,20H,5H2,1-4H3,(H,32,33)/t20-/m1/s1. The summed E-state index contributed by atoms with van der Waals surface area (Å²) in [6, 6.07) is 6.25. The number of hydrogen-bond acceptors (Lipinski definition) is 5. The maximum absolute atomic E-state index is 15.1. The lowest BCUT2D eigenvalue weighted by molar-refractivity contribution is 0.490. The molecule has 0 saturated carbocycles. The molecule has 4 rings (SSSR count). The van der Waals surface area contributed by atoms with Crippen molar-refractivity contribution >= 4 is 40.9 Å². The predicted octanol–water partition coefficient (Wildman–Crippen LogP) is 6.88. The maximum Gasteiger partial charge on any atom is 0.188 e. The van der Waals surface area contributed by atoms with Crippen LogP contribution < -0.4 is 10.9 Å². The molecule has 2 aromatic carbocycles. The van der Waals surface area contributed by atoms with Crippen LogP contribution in [0.5, 0.6) is 0 Å². The van der Waals surface area contributed by atoms with Crippen molar-refractivity contribution in [2.45, 2.75) is 26.3 Å². The summed E-state index contributed by atoms with van der Waals surface area (Å²) in [4.78, 5) is 12.7. The number of nitrogens with zero attached hydrogens (tertiary/aromatic N) is 3. The van der Waals surface area contributed by atoms with Crippen LogP contribution in [-0.4, -0.2) is 28.3 Å². The number of hydrogen-bond donors (Lipinski definition) is 1. The van der Waals surface area contributed by atoms with Gasteiger partial charge in [0.05, 0.1) is 28.0 Å². The Morgan fingerprint density at radius 1 is 1.09 bits per heavy atom. The van der Waals surface area contributed by atoms with Crippen molar-refractivity contribution in [2.24, 2.45) is 0 Å². The third kappa shape index (κ3) is 4.91. The highest BCUT2D eigenvalue weighted by atomic mass is 35.5. The van der Waals surface area contributed by atoms with Gasteiger partial charge in [0, 0.05) is 40.5 Å². The number of nitrogens with one attached hydrogen (secondary N) is 1. The number of fused-ring (bicyclic) bond motifs is 1. The average Bonchev–Trinajstić information content (AvgIpc) is 2.81. The first-order valence-corrected chi connectivity index (χ1v) is 13.9. The largest absolute Gasteiger partial charge is 0.376 e. The van der Waals surface area contributed by atoms with Gasteiger partial charge in [-0.2, -0.15) is 0 Å². The molecule has 0 aliphatic carbocycles. The molecule has 0 saturated heterocycles. The van der Waals surface area contributed by atoms with Crippen molar-refractivity contribution in [3.63, 3.8) is 0 Å². The van der Waals surface area contributed by atoms with E-state index in [4.69, 9.17) is 11.6 Å². The molecule has 182 valence electrons. The quantitative estimate of drug-likeness (QED) is 0.282. The van der Waals surface area contributed by atoms with Crippen LogP contribution in [0.3, 0.4) is 0 Å². The van der Waals surface area contributed by atoms with Crippen molar-refractivity contribution in [2.75, 3.05) is 18.6 Å². The molecule has 4 aromatic rings. The van der Waals surface area contributed by atoms with Crippen molar-refractivity contribution in [1.29, 1.82) is 0 Å². The Morgan fingerprint density at radius 2 is 1.77 bits per heavy atom. The van der Waals surface area contributed by atoms with Gasteiger partial charge in [0.25, 0.3) is 0 Å². The molecule has 10 heteroatoms. The van der Waals surface area contributed by atoms with Gasteiger partial charge < -0.3 is 9.88 Å². The second-order valence-corrected chi connectivity index (χ2v) is 12.1. The molecule has 1 N–H and O–H groups in total. The Labute approximate surface area is 206 Å². The van der Waals surface area contributed by atoms with Gasteiger partial charge in [-0.15, -0.1) is 0 Å². The summed E-state index contributed by atoms with van der Waals surface area (Å²) in [5.41, 5.74) is 2.16. The molecular formula is C25H23ClF3N4OP. The highest BCUT2D eigenvalue weighted by Gasteiger charge is 2.22. The summed E-state index contributed by atoms with van der Waals surface area (Å²) in [5, 5.41) is 4.00. The van der Waals surface area contributed by atoms with Crippen molar-refractivity contribution < 1.29 is 17.7 Å². The van der Waals surface area contributed by atoms with E-state index in [0.29, 0.717) is 34.3 Å². The van der Waals surface area contributed by atoms with Crippen molar-refractivity contribution in [3.05, 3.63) is 76.5 Å². The second-order valence-electron chi connectivity index (χ2n) is 8.61. The molecule has 0 unspecified atom stereocenters. The topological polar surface area (TPSA) is 67.8 Å². The van der Waals surface area contributed by atoms with Crippen molar-refractivity contribution in [1.82, 2.24) is 15.0 Å². The Balaban J connectivity index is 1.86. The summed E-state index contributed by atoms with van der Waals surface area (Å²) in [6.45, 7) is 6.62. The first-order chi connectivity index (χ1) is 16.5. The van der Waals surface area contributed by atoms with E-state index in [1.54, 1.807) is 26.3 Å². The number of aromatic nitrogens is 3.